The van der Waals surface area contributed by atoms with Gasteiger partial charge in [0.2, 0.25) is 5.91 Å². The van der Waals surface area contributed by atoms with Gasteiger partial charge in [-0.05, 0) is 36.6 Å². The summed E-state index contributed by atoms with van der Waals surface area (Å²) in [5.74, 6) is -0.150. The van der Waals surface area contributed by atoms with Gasteiger partial charge in [-0.3, -0.25) is 4.79 Å². The molecule has 1 amide bonds. The number of carbonyl (C=O) groups excluding carboxylic acids is 1. The largest absolute Gasteiger partial charge is 0.325 e. The number of anilines is 1. The van der Waals surface area contributed by atoms with Crippen molar-refractivity contribution in [3.63, 3.8) is 0 Å². The van der Waals surface area contributed by atoms with Crippen molar-refractivity contribution in [2.45, 2.75) is 12.5 Å². The number of nitrogens with one attached hydrogen (secondary N) is 1. The van der Waals surface area contributed by atoms with Crippen LogP contribution in [-0.2, 0) is 4.79 Å². The lowest BCUT2D eigenvalue weighted by Gasteiger charge is -2.11. The monoisotopic (exact) mass is 267 g/mol. The molecule has 1 aromatic carbocycles. The number of halogens is 1. The van der Waals surface area contributed by atoms with Gasteiger partial charge in [0.1, 0.15) is 11.9 Å². The Balaban J connectivity index is 2.67. The third-order valence-corrected chi connectivity index (χ3v) is 2.97. The molecule has 0 aliphatic heterocycles. The smallest absolute Gasteiger partial charge is 0.241 e. The molecule has 6 heteroatoms. The van der Waals surface area contributed by atoms with Crippen LogP contribution in [0.4, 0.5) is 10.1 Å². The first-order valence-corrected chi connectivity index (χ1v) is 6.73. The fourth-order valence-electron chi connectivity index (χ4n) is 1.30. The Kier molecular flexibility index (Phi) is 5.62. The lowest BCUT2D eigenvalue weighted by molar-refractivity contribution is -0.117. The Labute approximate surface area is 109 Å². The van der Waals surface area contributed by atoms with Crippen LogP contribution in [0.5, 0.6) is 0 Å². The van der Waals surface area contributed by atoms with Crippen LogP contribution in [0.3, 0.4) is 0 Å². The molecule has 0 radical (unpaired) electrons. The minimum absolute atomic E-state index is 0.106. The minimum atomic E-state index is -0.609. The van der Waals surface area contributed by atoms with Gasteiger partial charge in [0.15, 0.2) is 0 Å². The van der Waals surface area contributed by atoms with E-state index < -0.39 is 11.9 Å². The Morgan fingerprint density at radius 3 is 3.00 bits per heavy atom. The molecule has 0 aliphatic carbocycles. The quantitative estimate of drug-likeness (QED) is 0.851. The molecule has 3 N–H and O–H groups in total. The SMILES string of the molecule is CSCC[C@H](N)C(=O)Nc1ccc(F)c(C#N)c1. The van der Waals surface area contributed by atoms with E-state index in [0.717, 1.165) is 11.8 Å². The summed E-state index contributed by atoms with van der Waals surface area (Å²) in [6.45, 7) is 0. The zero-order valence-corrected chi connectivity index (χ0v) is 10.8. The Hall–Kier alpha value is -1.58. The average Bonchev–Trinajstić information content (AvgIpc) is 2.37. The lowest BCUT2D eigenvalue weighted by Crippen LogP contribution is -2.36. The normalized spacial score (nSPS) is 11.7. The Morgan fingerprint density at radius 2 is 2.39 bits per heavy atom. The first-order valence-electron chi connectivity index (χ1n) is 5.33. The van der Waals surface area contributed by atoms with Gasteiger partial charge in [-0.15, -0.1) is 0 Å². The molecule has 0 fully saturated rings. The number of hydrogen-bond acceptors (Lipinski definition) is 4. The highest BCUT2D eigenvalue weighted by atomic mass is 32.2. The van der Waals surface area contributed by atoms with Crippen molar-refractivity contribution in [3.8, 4) is 6.07 Å². The van der Waals surface area contributed by atoms with Gasteiger partial charge in [0, 0.05) is 5.69 Å². The third kappa shape index (κ3) is 4.02. The second-order valence-corrected chi connectivity index (χ2v) is 4.67. The summed E-state index contributed by atoms with van der Waals surface area (Å²) < 4.78 is 13.1. The van der Waals surface area contributed by atoms with Gasteiger partial charge >= 0.3 is 0 Å². The average molecular weight is 267 g/mol. The molecule has 0 saturated carbocycles. The number of rotatable bonds is 5. The second kappa shape index (κ2) is 6.99. The predicted octanol–water partition coefficient (Wildman–Crippen LogP) is 1.72. The highest BCUT2D eigenvalue weighted by Gasteiger charge is 2.13. The van der Waals surface area contributed by atoms with E-state index in [1.807, 2.05) is 6.26 Å². The molecule has 1 rings (SSSR count). The molecule has 96 valence electrons. The molecule has 0 saturated heterocycles. The fraction of sp³-hybridized carbons (Fsp3) is 0.333. The zero-order chi connectivity index (χ0) is 13.5. The van der Waals surface area contributed by atoms with Crippen LogP contribution in [0.15, 0.2) is 18.2 Å². The number of thioether (sulfide) groups is 1. The van der Waals surface area contributed by atoms with E-state index in [2.05, 4.69) is 5.32 Å². The molecule has 1 atom stereocenters. The van der Waals surface area contributed by atoms with Crippen LogP contribution in [0, 0.1) is 17.1 Å². The number of amides is 1. The number of hydrogen-bond donors (Lipinski definition) is 2. The van der Waals surface area contributed by atoms with E-state index in [1.165, 1.54) is 12.1 Å². The van der Waals surface area contributed by atoms with Crippen molar-refractivity contribution in [2.75, 3.05) is 17.3 Å². The molecule has 18 heavy (non-hydrogen) atoms. The first kappa shape index (κ1) is 14.5. The van der Waals surface area contributed by atoms with Crippen molar-refractivity contribution in [3.05, 3.63) is 29.6 Å². The summed E-state index contributed by atoms with van der Waals surface area (Å²) in [5.41, 5.74) is 5.95. The van der Waals surface area contributed by atoms with Crippen LogP contribution in [0.1, 0.15) is 12.0 Å². The van der Waals surface area contributed by atoms with Crippen LogP contribution in [-0.4, -0.2) is 24.0 Å². The first-order chi connectivity index (χ1) is 8.58. The second-order valence-electron chi connectivity index (χ2n) is 3.68. The highest BCUT2D eigenvalue weighted by molar-refractivity contribution is 7.98. The molecule has 0 unspecified atom stereocenters. The topological polar surface area (TPSA) is 78.9 Å². The number of benzene rings is 1. The van der Waals surface area contributed by atoms with Gasteiger partial charge in [-0.1, -0.05) is 0 Å². The van der Waals surface area contributed by atoms with Crippen molar-refractivity contribution in [1.29, 1.82) is 5.26 Å². The molecule has 4 nitrogen and oxygen atoms in total. The summed E-state index contributed by atoms with van der Waals surface area (Å²) in [4.78, 5) is 11.7. The number of nitrogens with two attached hydrogens (primary N) is 1. The van der Waals surface area contributed by atoms with Gasteiger partial charge in [-0.2, -0.15) is 17.0 Å². The van der Waals surface area contributed by atoms with E-state index >= 15 is 0 Å². The summed E-state index contributed by atoms with van der Waals surface area (Å²) in [6.07, 6.45) is 2.50. The maximum absolute atomic E-state index is 13.1. The van der Waals surface area contributed by atoms with Crippen LogP contribution < -0.4 is 11.1 Å². The maximum Gasteiger partial charge on any atom is 0.241 e. The fourth-order valence-corrected chi connectivity index (χ4v) is 1.79. The number of nitrogens with zero attached hydrogens (tertiary/aromatic N) is 1. The number of carbonyl (C=O) groups is 1. The van der Waals surface area contributed by atoms with Gasteiger partial charge in [-0.25, -0.2) is 4.39 Å². The molecule has 0 aliphatic rings. The van der Waals surface area contributed by atoms with E-state index in [0.29, 0.717) is 12.1 Å². The van der Waals surface area contributed by atoms with Crippen LogP contribution >= 0.6 is 11.8 Å². The molecule has 0 heterocycles. The molecule has 0 bridgehead atoms. The molecule has 0 aromatic heterocycles. The zero-order valence-electron chi connectivity index (χ0n) is 9.94. The van der Waals surface area contributed by atoms with Gasteiger partial charge in [0.05, 0.1) is 11.6 Å². The summed E-state index contributed by atoms with van der Waals surface area (Å²) in [5, 5.41) is 11.2. The Bertz CT molecular complexity index is 473. The van der Waals surface area contributed by atoms with Gasteiger partial charge in [0.25, 0.3) is 0 Å². The van der Waals surface area contributed by atoms with E-state index in [-0.39, 0.29) is 11.5 Å². The van der Waals surface area contributed by atoms with Crippen molar-refractivity contribution >= 4 is 23.4 Å². The maximum atomic E-state index is 13.1. The van der Waals surface area contributed by atoms with Crippen molar-refractivity contribution in [2.24, 2.45) is 5.73 Å². The van der Waals surface area contributed by atoms with E-state index in [1.54, 1.807) is 17.8 Å². The molecular formula is C12H14FN3OS. The molecule has 0 spiro atoms. The van der Waals surface area contributed by atoms with Gasteiger partial charge < -0.3 is 11.1 Å². The summed E-state index contributed by atoms with van der Waals surface area (Å²) in [7, 11) is 0. The summed E-state index contributed by atoms with van der Waals surface area (Å²) >= 11 is 1.61. The predicted molar refractivity (Wildman–Crippen MR) is 70.7 cm³/mol. The standard InChI is InChI=1S/C12H14FN3OS/c1-18-5-4-11(15)12(17)16-9-2-3-10(13)8(6-9)7-14/h2-3,6,11H,4-5,15H2,1H3,(H,16,17)/t11-/m0/s1. The number of nitriles is 1. The molecular weight excluding hydrogens is 253 g/mol. The summed E-state index contributed by atoms with van der Waals surface area (Å²) in [6, 6.07) is 4.93. The Morgan fingerprint density at radius 1 is 1.67 bits per heavy atom. The van der Waals surface area contributed by atoms with Crippen LogP contribution in [0.25, 0.3) is 0 Å². The van der Waals surface area contributed by atoms with Crippen molar-refractivity contribution in [1.82, 2.24) is 0 Å². The van der Waals surface area contributed by atoms with E-state index in [4.69, 9.17) is 11.0 Å². The van der Waals surface area contributed by atoms with E-state index in [9.17, 15) is 9.18 Å². The van der Waals surface area contributed by atoms with Crippen LogP contribution in [0.2, 0.25) is 0 Å². The van der Waals surface area contributed by atoms with Crippen molar-refractivity contribution < 1.29 is 9.18 Å². The lowest BCUT2D eigenvalue weighted by atomic mass is 10.2. The minimum Gasteiger partial charge on any atom is -0.325 e. The third-order valence-electron chi connectivity index (χ3n) is 2.32. The highest BCUT2D eigenvalue weighted by Crippen LogP contribution is 2.14. The molecule has 1 aromatic rings.